The third-order valence-corrected chi connectivity index (χ3v) is 5.51. The Hall–Kier alpha value is -0.970. The molecule has 2 aliphatic heterocycles. The first-order valence-electron chi connectivity index (χ1n) is 8.76. The van der Waals surface area contributed by atoms with Gasteiger partial charge in [-0.15, -0.1) is 0 Å². The number of rotatable bonds is 5. The van der Waals surface area contributed by atoms with Gasteiger partial charge >= 0.3 is 0 Å². The first kappa shape index (κ1) is 14.6. The van der Waals surface area contributed by atoms with Gasteiger partial charge in [0.25, 0.3) is 0 Å². The summed E-state index contributed by atoms with van der Waals surface area (Å²) in [5.41, 5.74) is 1.19. The third kappa shape index (κ3) is 3.05. The Kier molecular flexibility index (Phi) is 4.42. The third-order valence-electron chi connectivity index (χ3n) is 5.51. The van der Waals surface area contributed by atoms with Crippen LogP contribution >= 0.6 is 0 Å². The molecule has 1 aromatic heterocycles. The maximum absolute atomic E-state index is 6.23. The summed E-state index contributed by atoms with van der Waals surface area (Å²) < 4.78 is 12.3. The van der Waals surface area contributed by atoms with E-state index in [1.807, 2.05) is 24.5 Å². The average Bonchev–Trinajstić information content (AvgIpc) is 2.88. The van der Waals surface area contributed by atoms with E-state index in [4.69, 9.17) is 9.47 Å². The van der Waals surface area contributed by atoms with Gasteiger partial charge in [-0.2, -0.15) is 0 Å². The Morgan fingerprint density at radius 3 is 2.82 bits per heavy atom. The Bertz CT molecular complexity index is 477. The molecule has 4 rings (SSSR count). The zero-order valence-corrected chi connectivity index (χ0v) is 13.2. The van der Waals surface area contributed by atoms with Crippen LogP contribution in [0.5, 0.6) is 0 Å². The number of hydrogen-bond donors (Lipinski definition) is 0. The van der Waals surface area contributed by atoms with Gasteiger partial charge < -0.3 is 9.47 Å². The lowest BCUT2D eigenvalue weighted by Gasteiger charge is -2.36. The van der Waals surface area contributed by atoms with Gasteiger partial charge in [0.2, 0.25) is 0 Å². The van der Waals surface area contributed by atoms with E-state index >= 15 is 0 Å². The van der Waals surface area contributed by atoms with E-state index in [2.05, 4.69) is 9.88 Å². The van der Waals surface area contributed by atoms with Crippen molar-refractivity contribution in [3.63, 3.8) is 0 Å². The summed E-state index contributed by atoms with van der Waals surface area (Å²) in [4.78, 5) is 6.72. The van der Waals surface area contributed by atoms with Crippen molar-refractivity contribution >= 4 is 0 Å². The molecule has 22 heavy (non-hydrogen) atoms. The molecule has 1 aliphatic carbocycles. The molecule has 3 aliphatic rings. The van der Waals surface area contributed by atoms with Crippen molar-refractivity contribution in [2.75, 3.05) is 19.7 Å². The van der Waals surface area contributed by atoms with Crippen LogP contribution in [0.25, 0.3) is 0 Å². The molecule has 120 valence electrons. The molecule has 3 heterocycles. The Morgan fingerprint density at radius 1 is 1.18 bits per heavy atom. The van der Waals surface area contributed by atoms with Gasteiger partial charge in [-0.05, 0) is 49.3 Å². The number of likely N-dealkylation sites (tertiary alicyclic amines) is 1. The SMILES string of the molecule is c1cc(CO[C@H]2CN(CC3CCC3)[C@@H]3CCCO[C@H]23)ccn1. The molecule has 1 aromatic rings. The Morgan fingerprint density at radius 2 is 2.05 bits per heavy atom. The van der Waals surface area contributed by atoms with Crippen molar-refractivity contribution in [2.24, 2.45) is 5.92 Å². The minimum atomic E-state index is 0.221. The predicted octanol–water partition coefficient (Wildman–Crippen LogP) is 2.63. The monoisotopic (exact) mass is 302 g/mol. The summed E-state index contributed by atoms with van der Waals surface area (Å²) in [6.07, 6.45) is 10.9. The Labute approximate surface area is 132 Å². The lowest BCUT2D eigenvalue weighted by atomic mass is 9.85. The summed E-state index contributed by atoms with van der Waals surface area (Å²) in [7, 11) is 0. The van der Waals surface area contributed by atoms with Crippen molar-refractivity contribution in [2.45, 2.75) is 57.0 Å². The van der Waals surface area contributed by atoms with E-state index in [1.165, 1.54) is 44.2 Å². The molecule has 0 bridgehead atoms. The molecule has 1 saturated carbocycles. The summed E-state index contributed by atoms with van der Waals surface area (Å²) in [6, 6.07) is 4.64. The van der Waals surface area contributed by atoms with E-state index in [-0.39, 0.29) is 12.2 Å². The smallest absolute Gasteiger partial charge is 0.100 e. The standard InChI is InChI=1S/C18H26N2O2/c1-3-14(4-1)11-20-12-17(18-16(20)5-2-10-21-18)22-13-15-6-8-19-9-7-15/h6-9,14,16-18H,1-5,10-13H2/t16-,17+,18+/m1/s1. The fourth-order valence-electron chi connectivity index (χ4n) is 4.05. The van der Waals surface area contributed by atoms with Crippen LogP contribution in [-0.4, -0.2) is 47.8 Å². The van der Waals surface area contributed by atoms with E-state index < -0.39 is 0 Å². The molecule has 0 unspecified atom stereocenters. The van der Waals surface area contributed by atoms with E-state index in [9.17, 15) is 0 Å². The highest BCUT2D eigenvalue weighted by Gasteiger charge is 2.45. The fourth-order valence-corrected chi connectivity index (χ4v) is 4.05. The number of aromatic nitrogens is 1. The average molecular weight is 302 g/mol. The molecule has 2 saturated heterocycles. The number of pyridine rings is 1. The highest BCUT2D eigenvalue weighted by molar-refractivity contribution is 5.08. The van der Waals surface area contributed by atoms with Crippen LogP contribution in [0.2, 0.25) is 0 Å². The highest BCUT2D eigenvalue weighted by atomic mass is 16.5. The van der Waals surface area contributed by atoms with Gasteiger partial charge in [-0.3, -0.25) is 9.88 Å². The van der Waals surface area contributed by atoms with Crippen LogP contribution in [0, 0.1) is 5.92 Å². The maximum atomic E-state index is 6.23. The van der Waals surface area contributed by atoms with E-state index in [1.54, 1.807) is 0 Å². The van der Waals surface area contributed by atoms with Gasteiger partial charge in [-0.25, -0.2) is 0 Å². The molecule has 0 spiro atoms. The quantitative estimate of drug-likeness (QED) is 0.837. The zero-order chi connectivity index (χ0) is 14.8. The second-order valence-corrected chi connectivity index (χ2v) is 7.00. The fraction of sp³-hybridized carbons (Fsp3) is 0.722. The largest absolute Gasteiger partial charge is 0.374 e. The van der Waals surface area contributed by atoms with Crippen LogP contribution in [0.4, 0.5) is 0 Å². The molecular formula is C18H26N2O2. The molecule has 0 amide bonds. The number of hydrogen-bond acceptors (Lipinski definition) is 4. The van der Waals surface area contributed by atoms with Gasteiger partial charge in [0, 0.05) is 38.1 Å². The minimum absolute atomic E-state index is 0.221. The number of nitrogens with zero attached hydrogens (tertiary/aromatic N) is 2. The lowest BCUT2D eigenvalue weighted by Crippen LogP contribution is -2.43. The topological polar surface area (TPSA) is 34.6 Å². The molecular weight excluding hydrogens is 276 g/mol. The van der Waals surface area contributed by atoms with Crippen molar-refractivity contribution in [3.05, 3.63) is 30.1 Å². The van der Waals surface area contributed by atoms with Gasteiger partial charge in [0.1, 0.15) is 6.10 Å². The van der Waals surface area contributed by atoms with Crippen LogP contribution in [0.3, 0.4) is 0 Å². The first-order valence-corrected chi connectivity index (χ1v) is 8.76. The van der Waals surface area contributed by atoms with Crippen LogP contribution in [-0.2, 0) is 16.1 Å². The summed E-state index contributed by atoms with van der Waals surface area (Å²) >= 11 is 0. The molecule has 0 N–H and O–H groups in total. The Balaban J connectivity index is 1.38. The van der Waals surface area contributed by atoms with Crippen LogP contribution in [0.15, 0.2) is 24.5 Å². The first-order chi connectivity index (χ1) is 10.9. The zero-order valence-electron chi connectivity index (χ0n) is 13.2. The minimum Gasteiger partial charge on any atom is -0.374 e. The summed E-state index contributed by atoms with van der Waals surface area (Å²) in [5.74, 6) is 0.918. The van der Waals surface area contributed by atoms with Gasteiger partial charge in [0.15, 0.2) is 0 Å². The second kappa shape index (κ2) is 6.65. The van der Waals surface area contributed by atoms with E-state index in [0.717, 1.165) is 19.1 Å². The van der Waals surface area contributed by atoms with Crippen LogP contribution < -0.4 is 0 Å². The maximum Gasteiger partial charge on any atom is 0.100 e. The second-order valence-electron chi connectivity index (χ2n) is 7.00. The van der Waals surface area contributed by atoms with Crippen LogP contribution in [0.1, 0.15) is 37.7 Å². The van der Waals surface area contributed by atoms with Gasteiger partial charge in [-0.1, -0.05) is 6.42 Å². The number of fused-ring (bicyclic) bond motifs is 1. The van der Waals surface area contributed by atoms with E-state index in [0.29, 0.717) is 12.6 Å². The van der Waals surface area contributed by atoms with Crippen molar-refractivity contribution in [1.29, 1.82) is 0 Å². The summed E-state index contributed by atoms with van der Waals surface area (Å²) in [5, 5.41) is 0. The molecule has 3 fully saturated rings. The predicted molar refractivity (Wildman–Crippen MR) is 84.5 cm³/mol. The van der Waals surface area contributed by atoms with Crippen molar-refractivity contribution in [1.82, 2.24) is 9.88 Å². The molecule has 0 aromatic carbocycles. The normalized spacial score (nSPS) is 32.6. The van der Waals surface area contributed by atoms with Crippen molar-refractivity contribution < 1.29 is 9.47 Å². The van der Waals surface area contributed by atoms with Crippen molar-refractivity contribution in [3.8, 4) is 0 Å². The highest BCUT2D eigenvalue weighted by Crippen LogP contribution is 2.35. The molecule has 3 atom stereocenters. The number of ether oxygens (including phenoxy) is 2. The molecule has 4 heteroatoms. The molecule has 4 nitrogen and oxygen atoms in total. The lowest BCUT2D eigenvalue weighted by molar-refractivity contribution is -0.0821. The molecule has 0 radical (unpaired) electrons. The summed E-state index contributed by atoms with van der Waals surface area (Å²) in [6.45, 7) is 3.85. The van der Waals surface area contributed by atoms with Gasteiger partial charge in [0.05, 0.1) is 12.7 Å².